The van der Waals surface area contributed by atoms with E-state index in [0.29, 0.717) is 0 Å². The maximum absolute atomic E-state index is 12.7. The van der Waals surface area contributed by atoms with Crippen molar-refractivity contribution >= 4 is 28.9 Å². The number of para-hydroxylation sites is 2. The molecule has 2 aromatic carbocycles. The van der Waals surface area contributed by atoms with E-state index in [2.05, 4.69) is 0 Å². The minimum Gasteiger partial charge on any atom is -0.480 e. The molecule has 0 fully saturated rings. The second-order valence-electron chi connectivity index (χ2n) is 4.81. The molecule has 25 heavy (non-hydrogen) atoms. The zero-order valence-electron chi connectivity index (χ0n) is 12.6. The monoisotopic (exact) mass is 345 g/mol. The van der Waals surface area contributed by atoms with Gasteiger partial charge in [0.25, 0.3) is 5.91 Å². The third-order valence-corrected chi connectivity index (χ3v) is 3.23. The van der Waals surface area contributed by atoms with Crippen LogP contribution in [0.3, 0.4) is 0 Å². The van der Waals surface area contributed by atoms with E-state index < -0.39 is 45.2 Å². The lowest BCUT2D eigenvalue weighted by atomic mass is 10.1. The van der Waals surface area contributed by atoms with Crippen molar-refractivity contribution in [1.82, 2.24) is 0 Å². The number of hydrogen-bond donors (Lipinski definition) is 1. The first-order valence-electron chi connectivity index (χ1n) is 6.83. The van der Waals surface area contributed by atoms with Gasteiger partial charge in [-0.25, -0.2) is 0 Å². The Hall–Kier alpha value is -3.82. The number of amides is 1. The largest absolute Gasteiger partial charge is 0.480 e. The lowest BCUT2D eigenvalue weighted by Gasteiger charge is -2.20. The van der Waals surface area contributed by atoms with Crippen LogP contribution < -0.4 is 4.90 Å². The molecule has 0 aliphatic carbocycles. The summed E-state index contributed by atoms with van der Waals surface area (Å²) in [7, 11) is 0. The summed E-state index contributed by atoms with van der Waals surface area (Å²) < 4.78 is 0. The fourth-order valence-corrected chi connectivity index (χ4v) is 2.21. The lowest BCUT2D eigenvalue weighted by molar-refractivity contribution is -0.422. The van der Waals surface area contributed by atoms with Crippen LogP contribution >= 0.6 is 0 Å². The van der Waals surface area contributed by atoms with Crippen molar-refractivity contribution in [3.05, 3.63) is 74.3 Å². The average Bonchev–Trinajstić information content (AvgIpc) is 2.58. The normalized spacial score (nSPS) is 10.1. The van der Waals surface area contributed by atoms with Crippen molar-refractivity contribution in [2.75, 3.05) is 11.4 Å². The van der Waals surface area contributed by atoms with Gasteiger partial charge >= 0.3 is 17.3 Å². The molecule has 0 radical (unpaired) electrons. The van der Waals surface area contributed by atoms with Crippen LogP contribution in [0.2, 0.25) is 0 Å². The molecular weight excluding hydrogens is 334 g/mol. The molecule has 1 N–H and O–H groups in total. The van der Waals surface area contributed by atoms with Crippen molar-refractivity contribution in [1.29, 1.82) is 0 Å². The maximum Gasteiger partial charge on any atom is 0.358 e. The number of carbonyl (C=O) groups excluding carboxylic acids is 1. The summed E-state index contributed by atoms with van der Waals surface area (Å²) >= 11 is 0. The predicted molar refractivity (Wildman–Crippen MR) is 85.5 cm³/mol. The van der Waals surface area contributed by atoms with Crippen LogP contribution in [-0.2, 0) is 4.79 Å². The summed E-state index contributed by atoms with van der Waals surface area (Å²) in [6, 6.07) is 10.7. The highest BCUT2D eigenvalue weighted by atomic mass is 16.6. The van der Waals surface area contributed by atoms with Gasteiger partial charge in [0.2, 0.25) is 0 Å². The van der Waals surface area contributed by atoms with Crippen LogP contribution in [0.4, 0.5) is 17.1 Å². The van der Waals surface area contributed by atoms with E-state index in [1.165, 1.54) is 12.1 Å². The van der Waals surface area contributed by atoms with Gasteiger partial charge in [-0.15, -0.1) is 0 Å². The van der Waals surface area contributed by atoms with Crippen molar-refractivity contribution in [2.45, 2.75) is 0 Å². The minimum absolute atomic E-state index is 0.190. The van der Waals surface area contributed by atoms with Crippen LogP contribution in [-0.4, -0.2) is 33.4 Å². The first-order valence-corrected chi connectivity index (χ1v) is 6.83. The summed E-state index contributed by atoms with van der Waals surface area (Å²) in [5.74, 6) is -2.37. The van der Waals surface area contributed by atoms with Crippen LogP contribution in [0, 0.1) is 20.2 Å². The zero-order chi connectivity index (χ0) is 18.6. The summed E-state index contributed by atoms with van der Waals surface area (Å²) in [6.07, 6.45) is 0. The number of aliphatic carboxylic acids is 1. The first kappa shape index (κ1) is 17.5. The van der Waals surface area contributed by atoms with E-state index in [1.807, 2.05) is 0 Å². The second-order valence-corrected chi connectivity index (χ2v) is 4.81. The highest BCUT2D eigenvalue weighted by Crippen LogP contribution is 2.32. The van der Waals surface area contributed by atoms with E-state index in [9.17, 15) is 29.8 Å². The molecule has 0 aliphatic rings. The van der Waals surface area contributed by atoms with Gasteiger partial charge in [-0.05, 0) is 18.2 Å². The molecular formula is C15H11N3O7. The number of carboxylic acids is 1. The van der Waals surface area contributed by atoms with Crippen molar-refractivity contribution < 1.29 is 24.5 Å². The fourth-order valence-electron chi connectivity index (χ4n) is 2.21. The topological polar surface area (TPSA) is 144 Å². The maximum atomic E-state index is 12.7. The highest BCUT2D eigenvalue weighted by Gasteiger charge is 2.34. The predicted octanol–water partition coefficient (Wildman–Crippen LogP) is 2.23. The van der Waals surface area contributed by atoms with E-state index in [-0.39, 0.29) is 5.69 Å². The van der Waals surface area contributed by atoms with Crippen molar-refractivity contribution in [3.63, 3.8) is 0 Å². The molecule has 0 aromatic heterocycles. The highest BCUT2D eigenvalue weighted by molar-refractivity contribution is 6.11. The number of benzene rings is 2. The number of carboxylic acid groups (broad SMARTS) is 1. The Morgan fingerprint density at radius 1 is 0.960 bits per heavy atom. The Morgan fingerprint density at radius 3 is 2.12 bits per heavy atom. The molecule has 0 unspecified atom stereocenters. The van der Waals surface area contributed by atoms with Crippen LogP contribution in [0.15, 0.2) is 48.5 Å². The van der Waals surface area contributed by atoms with Gasteiger partial charge in [0.15, 0.2) is 0 Å². The van der Waals surface area contributed by atoms with Crippen LogP contribution in [0.25, 0.3) is 0 Å². The molecule has 1 amide bonds. The molecule has 0 saturated carbocycles. The van der Waals surface area contributed by atoms with Gasteiger partial charge in [0.05, 0.1) is 9.85 Å². The minimum atomic E-state index is -1.34. The molecule has 0 saturated heterocycles. The van der Waals surface area contributed by atoms with Crippen molar-refractivity contribution in [2.24, 2.45) is 0 Å². The Labute approximate surface area is 140 Å². The number of rotatable bonds is 6. The second kappa shape index (κ2) is 7.17. The summed E-state index contributed by atoms with van der Waals surface area (Å²) in [4.78, 5) is 44.8. The number of nitrogens with zero attached hydrogens (tertiary/aromatic N) is 3. The standard InChI is InChI=1S/C15H11N3O7/c19-13(20)9-16(10-5-2-1-3-6-10)15(21)11-7-4-8-12(17(22)23)14(11)18(24)25/h1-8H,9H2,(H,19,20). The Bertz CT molecular complexity index is 851. The average molecular weight is 345 g/mol. The smallest absolute Gasteiger partial charge is 0.358 e. The number of anilines is 1. The van der Waals surface area contributed by atoms with Gasteiger partial charge < -0.3 is 5.11 Å². The molecule has 0 aliphatic heterocycles. The third kappa shape index (κ3) is 3.75. The number of carbonyl (C=O) groups is 2. The van der Waals surface area contributed by atoms with E-state index >= 15 is 0 Å². The molecule has 0 bridgehead atoms. The molecule has 10 nitrogen and oxygen atoms in total. The Balaban J connectivity index is 2.60. The fraction of sp³-hybridized carbons (Fsp3) is 0.0667. The number of hydrogen-bond acceptors (Lipinski definition) is 6. The zero-order valence-corrected chi connectivity index (χ0v) is 12.6. The number of nitro groups is 2. The Kier molecular flexibility index (Phi) is 5.03. The van der Waals surface area contributed by atoms with E-state index in [4.69, 9.17) is 5.11 Å². The van der Waals surface area contributed by atoms with Gasteiger partial charge in [-0.1, -0.05) is 24.3 Å². The Morgan fingerprint density at radius 2 is 1.60 bits per heavy atom. The van der Waals surface area contributed by atoms with Crippen molar-refractivity contribution in [3.8, 4) is 0 Å². The van der Waals surface area contributed by atoms with Gasteiger partial charge in [0, 0.05) is 11.8 Å². The third-order valence-electron chi connectivity index (χ3n) is 3.23. The van der Waals surface area contributed by atoms with E-state index in [1.54, 1.807) is 18.2 Å². The molecule has 0 spiro atoms. The summed E-state index contributed by atoms with van der Waals surface area (Å²) in [5.41, 5.74) is -2.21. The molecule has 128 valence electrons. The van der Waals surface area contributed by atoms with Gasteiger partial charge in [0.1, 0.15) is 12.1 Å². The SMILES string of the molecule is O=C(O)CN(C(=O)c1cccc([N+](=O)[O-])c1[N+](=O)[O-])c1ccccc1. The van der Waals surface area contributed by atoms with Gasteiger partial charge in [-0.3, -0.25) is 34.7 Å². The van der Waals surface area contributed by atoms with Crippen LogP contribution in [0.1, 0.15) is 10.4 Å². The molecule has 2 aromatic rings. The van der Waals surface area contributed by atoms with Gasteiger partial charge in [-0.2, -0.15) is 0 Å². The summed E-state index contributed by atoms with van der Waals surface area (Å²) in [5, 5.41) is 31.3. The molecule has 10 heteroatoms. The van der Waals surface area contributed by atoms with Crippen LogP contribution in [0.5, 0.6) is 0 Å². The molecule has 2 rings (SSSR count). The summed E-state index contributed by atoms with van der Waals surface area (Å²) in [6.45, 7) is -0.761. The molecule has 0 heterocycles. The van der Waals surface area contributed by atoms with E-state index in [0.717, 1.165) is 23.1 Å². The first-order chi connectivity index (χ1) is 11.8. The number of nitro benzene ring substituents is 2. The molecule has 0 atom stereocenters. The lowest BCUT2D eigenvalue weighted by Crippen LogP contribution is -2.36. The quantitative estimate of drug-likeness (QED) is 0.624.